The van der Waals surface area contributed by atoms with Crippen molar-refractivity contribution >= 4 is 6.03 Å². The minimum absolute atomic E-state index is 0.00657. The molecule has 2 N–H and O–H groups in total. The third-order valence-electron chi connectivity index (χ3n) is 4.38. The maximum Gasteiger partial charge on any atom is 0.317 e. The predicted molar refractivity (Wildman–Crippen MR) is 73.0 cm³/mol. The first-order chi connectivity index (χ1) is 9.24. The van der Waals surface area contributed by atoms with Gasteiger partial charge in [-0.25, -0.2) is 4.79 Å². The molecule has 1 aliphatic carbocycles. The highest BCUT2D eigenvalue weighted by Crippen LogP contribution is 2.22. The summed E-state index contributed by atoms with van der Waals surface area (Å²) >= 11 is 0. The highest BCUT2D eigenvalue weighted by atomic mass is 16.5. The number of hydrogen-bond donors (Lipinski definition) is 2. The summed E-state index contributed by atoms with van der Waals surface area (Å²) in [5, 5.41) is 12.3. The van der Waals surface area contributed by atoms with E-state index in [0.717, 1.165) is 38.6 Å². The Balaban J connectivity index is 1.85. The molecule has 2 rings (SSSR count). The molecule has 2 fully saturated rings. The third-order valence-corrected chi connectivity index (χ3v) is 4.38. The lowest BCUT2D eigenvalue weighted by Crippen LogP contribution is -2.53. The fraction of sp³-hybridized carbons (Fsp3) is 0.929. The number of piperidine rings is 1. The van der Waals surface area contributed by atoms with E-state index in [1.807, 2.05) is 4.90 Å². The number of ether oxygens (including phenoxy) is 1. The van der Waals surface area contributed by atoms with Crippen LogP contribution in [0, 0.1) is 5.92 Å². The second-order valence-corrected chi connectivity index (χ2v) is 5.75. The van der Waals surface area contributed by atoms with Crippen LogP contribution in [0.15, 0.2) is 0 Å². The van der Waals surface area contributed by atoms with Gasteiger partial charge in [-0.1, -0.05) is 12.8 Å². The van der Waals surface area contributed by atoms with Crippen LogP contribution in [0.1, 0.15) is 38.5 Å². The average Bonchev–Trinajstić information content (AvgIpc) is 2.47. The number of aliphatic hydroxyl groups is 1. The van der Waals surface area contributed by atoms with E-state index in [4.69, 9.17) is 4.74 Å². The normalized spacial score (nSPS) is 32.1. The molecule has 5 heteroatoms. The molecule has 0 spiro atoms. The molecular weight excluding hydrogens is 244 g/mol. The monoisotopic (exact) mass is 270 g/mol. The number of likely N-dealkylation sites (tertiary alicyclic amines) is 1. The first-order valence-electron chi connectivity index (χ1n) is 7.43. The van der Waals surface area contributed by atoms with Crippen LogP contribution < -0.4 is 5.32 Å². The summed E-state index contributed by atoms with van der Waals surface area (Å²) in [6, 6.07) is 0.146. The molecule has 0 aromatic rings. The largest absolute Gasteiger partial charge is 0.396 e. The summed E-state index contributed by atoms with van der Waals surface area (Å²) in [6.45, 7) is 1.65. The highest BCUT2D eigenvalue weighted by Gasteiger charge is 2.29. The van der Waals surface area contributed by atoms with Crippen molar-refractivity contribution < 1.29 is 14.6 Å². The molecule has 0 aromatic carbocycles. The van der Waals surface area contributed by atoms with Gasteiger partial charge in [0, 0.05) is 26.8 Å². The van der Waals surface area contributed by atoms with Crippen molar-refractivity contribution in [2.45, 2.75) is 50.7 Å². The van der Waals surface area contributed by atoms with Gasteiger partial charge in [0.2, 0.25) is 0 Å². The summed E-state index contributed by atoms with van der Waals surface area (Å²) in [4.78, 5) is 14.1. The van der Waals surface area contributed by atoms with E-state index < -0.39 is 0 Å². The fourth-order valence-electron chi connectivity index (χ4n) is 3.19. The first kappa shape index (κ1) is 14.6. The zero-order valence-electron chi connectivity index (χ0n) is 11.8. The van der Waals surface area contributed by atoms with Gasteiger partial charge in [-0.3, -0.25) is 0 Å². The maximum absolute atomic E-state index is 12.3. The Morgan fingerprint density at radius 3 is 2.84 bits per heavy atom. The van der Waals surface area contributed by atoms with E-state index >= 15 is 0 Å². The van der Waals surface area contributed by atoms with Crippen molar-refractivity contribution in [2.24, 2.45) is 5.92 Å². The Morgan fingerprint density at radius 2 is 2.11 bits per heavy atom. The Labute approximate surface area is 115 Å². The van der Waals surface area contributed by atoms with Gasteiger partial charge in [-0.15, -0.1) is 0 Å². The van der Waals surface area contributed by atoms with Crippen molar-refractivity contribution in [3.8, 4) is 0 Å². The molecule has 3 unspecified atom stereocenters. The van der Waals surface area contributed by atoms with Gasteiger partial charge < -0.3 is 20.1 Å². The predicted octanol–water partition coefficient (Wildman–Crippen LogP) is 1.36. The molecule has 0 aromatic heterocycles. The number of carbonyl (C=O) groups is 1. The van der Waals surface area contributed by atoms with Gasteiger partial charge in [0.15, 0.2) is 0 Å². The molecule has 0 bridgehead atoms. The minimum atomic E-state index is 0.00657. The lowest BCUT2D eigenvalue weighted by Gasteiger charge is -2.36. The molecule has 1 saturated carbocycles. The van der Waals surface area contributed by atoms with Gasteiger partial charge in [0.1, 0.15) is 0 Å². The van der Waals surface area contributed by atoms with Gasteiger partial charge >= 0.3 is 6.03 Å². The molecule has 110 valence electrons. The third kappa shape index (κ3) is 3.83. The fourth-order valence-corrected chi connectivity index (χ4v) is 3.19. The molecule has 19 heavy (non-hydrogen) atoms. The van der Waals surface area contributed by atoms with E-state index in [1.54, 1.807) is 7.11 Å². The summed E-state index contributed by atoms with van der Waals surface area (Å²) in [5.41, 5.74) is 0. The van der Waals surface area contributed by atoms with Crippen LogP contribution in [0.3, 0.4) is 0 Å². The van der Waals surface area contributed by atoms with Crippen LogP contribution in [0.4, 0.5) is 4.79 Å². The molecule has 1 heterocycles. The Kier molecular flexibility index (Phi) is 5.45. The number of aliphatic hydroxyl groups excluding tert-OH is 1. The van der Waals surface area contributed by atoms with Crippen LogP contribution in [0.2, 0.25) is 0 Å². The minimum Gasteiger partial charge on any atom is -0.396 e. The summed E-state index contributed by atoms with van der Waals surface area (Å²) in [6.07, 6.45) is 6.52. The zero-order chi connectivity index (χ0) is 13.7. The van der Waals surface area contributed by atoms with Crippen LogP contribution in [0.25, 0.3) is 0 Å². The number of urea groups is 1. The second kappa shape index (κ2) is 7.10. The Morgan fingerprint density at radius 1 is 1.32 bits per heavy atom. The van der Waals surface area contributed by atoms with Crippen molar-refractivity contribution in [1.82, 2.24) is 10.2 Å². The van der Waals surface area contributed by atoms with Crippen molar-refractivity contribution in [1.29, 1.82) is 0 Å². The topological polar surface area (TPSA) is 61.8 Å². The molecule has 2 amide bonds. The number of hydrogen-bond acceptors (Lipinski definition) is 3. The lowest BCUT2D eigenvalue weighted by atomic mass is 9.92. The highest BCUT2D eigenvalue weighted by molar-refractivity contribution is 5.74. The zero-order valence-corrected chi connectivity index (χ0v) is 11.8. The standard InChI is InChI=1S/C14H26N2O3/c1-19-13-7-3-2-6-12(13)15-14(18)16-8-4-5-11(9-16)10-17/h11-13,17H,2-10H2,1H3,(H,15,18). The van der Waals surface area contributed by atoms with E-state index in [9.17, 15) is 9.90 Å². The number of amides is 2. The SMILES string of the molecule is COC1CCCCC1NC(=O)N1CCCC(CO)C1. The quantitative estimate of drug-likeness (QED) is 0.814. The number of nitrogens with zero attached hydrogens (tertiary/aromatic N) is 1. The molecule has 1 saturated heterocycles. The van der Waals surface area contributed by atoms with Crippen molar-refractivity contribution in [3.63, 3.8) is 0 Å². The smallest absolute Gasteiger partial charge is 0.317 e. The summed E-state index contributed by atoms with van der Waals surface area (Å²) < 4.78 is 5.46. The van der Waals surface area contributed by atoms with Crippen molar-refractivity contribution in [3.05, 3.63) is 0 Å². The van der Waals surface area contributed by atoms with Gasteiger partial charge in [-0.05, 0) is 31.6 Å². The van der Waals surface area contributed by atoms with Gasteiger partial charge in [0.05, 0.1) is 12.1 Å². The van der Waals surface area contributed by atoms with Crippen LogP contribution in [-0.2, 0) is 4.74 Å². The van der Waals surface area contributed by atoms with Gasteiger partial charge in [0.25, 0.3) is 0 Å². The molecule has 0 radical (unpaired) electrons. The first-order valence-corrected chi connectivity index (χ1v) is 7.43. The van der Waals surface area contributed by atoms with Crippen molar-refractivity contribution in [2.75, 3.05) is 26.8 Å². The molecular formula is C14H26N2O3. The number of carbonyl (C=O) groups excluding carboxylic acids is 1. The summed E-state index contributed by atoms with van der Waals surface area (Å²) in [7, 11) is 1.72. The van der Waals surface area contributed by atoms with Crippen LogP contribution in [-0.4, -0.2) is 55.0 Å². The van der Waals surface area contributed by atoms with E-state index in [0.29, 0.717) is 6.54 Å². The molecule has 3 atom stereocenters. The van der Waals surface area contributed by atoms with E-state index in [2.05, 4.69) is 5.32 Å². The number of rotatable bonds is 3. The van der Waals surface area contributed by atoms with Crippen LogP contribution in [0.5, 0.6) is 0 Å². The molecule has 5 nitrogen and oxygen atoms in total. The molecule has 1 aliphatic heterocycles. The average molecular weight is 270 g/mol. The lowest BCUT2D eigenvalue weighted by molar-refractivity contribution is 0.0415. The number of methoxy groups -OCH3 is 1. The summed E-state index contributed by atoms with van der Waals surface area (Å²) in [5.74, 6) is 0.240. The van der Waals surface area contributed by atoms with Gasteiger partial charge in [-0.2, -0.15) is 0 Å². The maximum atomic E-state index is 12.3. The van der Waals surface area contributed by atoms with Crippen LogP contribution >= 0.6 is 0 Å². The molecule has 2 aliphatic rings. The van der Waals surface area contributed by atoms with E-state index in [1.165, 1.54) is 6.42 Å². The van der Waals surface area contributed by atoms with E-state index in [-0.39, 0.29) is 30.7 Å². The Hall–Kier alpha value is -0.810. The second-order valence-electron chi connectivity index (χ2n) is 5.75. The number of nitrogens with one attached hydrogen (secondary N) is 1. The Bertz CT molecular complexity index is 298.